The van der Waals surface area contributed by atoms with Gasteiger partial charge in [0.25, 0.3) is 0 Å². The summed E-state index contributed by atoms with van der Waals surface area (Å²) in [6.07, 6.45) is 0.121. The van der Waals surface area contributed by atoms with E-state index in [0.717, 1.165) is 22.6 Å². The quantitative estimate of drug-likeness (QED) is 0.663. The summed E-state index contributed by atoms with van der Waals surface area (Å²) in [5.41, 5.74) is 2.69. The molecule has 0 unspecified atom stereocenters. The minimum atomic E-state index is -0.357. The zero-order valence-electron chi connectivity index (χ0n) is 15.1. The van der Waals surface area contributed by atoms with Crippen LogP contribution in [0.15, 0.2) is 84.9 Å². The van der Waals surface area contributed by atoms with Crippen molar-refractivity contribution in [1.82, 2.24) is 0 Å². The van der Waals surface area contributed by atoms with Gasteiger partial charge >= 0.3 is 0 Å². The Morgan fingerprint density at radius 1 is 0.769 bits per heavy atom. The van der Waals surface area contributed by atoms with Gasteiger partial charge < -0.3 is 10.1 Å². The van der Waals surface area contributed by atoms with Crippen LogP contribution in [0.25, 0.3) is 0 Å². The number of benzene rings is 3. The minimum Gasteiger partial charge on any atom is -0.491 e. The molecule has 0 heterocycles. The number of hydrogen-bond donors (Lipinski definition) is 1. The molecule has 0 radical (unpaired) electrons. The van der Waals surface area contributed by atoms with Crippen LogP contribution < -0.4 is 10.1 Å². The largest absolute Gasteiger partial charge is 0.491 e. The third kappa shape index (κ3) is 4.51. The summed E-state index contributed by atoms with van der Waals surface area (Å²) in [6.45, 7) is 3.97. The van der Waals surface area contributed by atoms with Gasteiger partial charge in [0.05, 0.1) is 12.0 Å². The molecule has 0 fully saturated rings. The minimum absolute atomic E-state index is 0.0556. The van der Waals surface area contributed by atoms with E-state index in [0.29, 0.717) is 0 Å². The number of hydrogen-bond acceptors (Lipinski definition) is 2. The Balaban J connectivity index is 1.82. The average Bonchev–Trinajstić information content (AvgIpc) is 2.65. The molecule has 0 spiro atoms. The molecule has 3 rings (SSSR count). The van der Waals surface area contributed by atoms with Crippen LogP contribution in [0.1, 0.15) is 30.9 Å². The highest BCUT2D eigenvalue weighted by molar-refractivity contribution is 5.98. The fourth-order valence-corrected chi connectivity index (χ4v) is 2.89. The van der Waals surface area contributed by atoms with Crippen molar-refractivity contribution < 1.29 is 9.53 Å². The molecule has 0 bridgehead atoms. The average molecular weight is 345 g/mol. The molecule has 0 aliphatic heterocycles. The van der Waals surface area contributed by atoms with Crippen molar-refractivity contribution in [1.29, 1.82) is 0 Å². The van der Waals surface area contributed by atoms with Gasteiger partial charge in [-0.05, 0) is 49.2 Å². The molecule has 0 atom stereocenters. The number of nitrogens with one attached hydrogen (secondary N) is 1. The summed E-state index contributed by atoms with van der Waals surface area (Å²) in [5.74, 6) is 0.379. The predicted molar refractivity (Wildman–Crippen MR) is 106 cm³/mol. The molecule has 3 aromatic carbocycles. The van der Waals surface area contributed by atoms with E-state index >= 15 is 0 Å². The molecule has 0 saturated carbocycles. The second kappa shape index (κ2) is 8.34. The lowest BCUT2D eigenvalue weighted by Crippen LogP contribution is -2.22. The van der Waals surface area contributed by atoms with E-state index in [-0.39, 0.29) is 17.9 Å². The first-order valence-corrected chi connectivity index (χ1v) is 8.81. The molecule has 132 valence electrons. The summed E-state index contributed by atoms with van der Waals surface area (Å²) in [5, 5.41) is 3.03. The lowest BCUT2D eigenvalue weighted by Gasteiger charge is -2.18. The van der Waals surface area contributed by atoms with Gasteiger partial charge in [0.1, 0.15) is 5.75 Å². The lowest BCUT2D eigenvalue weighted by atomic mass is 9.90. The molecule has 1 amide bonds. The smallest absolute Gasteiger partial charge is 0.236 e. The Labute approximate surface area is 154 Å². The maximum absolute atomic E-state index is 13.0. The first kappa shape index (κ1) is 17.7. The van der Waals surface area contributed by atoms with E-state index in [1.54, 1.807) is 0 Å². The third-order valence-corrected chi connectivity index (χ3v) is 4.02. The molecule has 3 heteroatoms. The van der Waals surface area contributed by atoms with Gasteiger partial charge in [0.15, 0.2) is 0 Å². The van der Waals surface area contributed by atoms with Crippen LogP contribution >= 0.6 is 0 Å². The molecular weight excluding hydrogens is 322 g/mol. The Morgan fingerprint density at radius 2 is 1.27 bits per heavy atom. The number of carbonyl (C=O) groups excluding carboxylic acids is 1. The van der Waals surface area contributed by atoms with E-state index in [4.69, 9.17) is 4.74 Å². The van der Waals surface area contributed by atoms with Gasteiger partial charge in [-0.1, -0.05) is 60.7 Å². The zero-order valence-corrected chi connectivity index (χ0v) is 15.1. The van der Waals surface area contributed by atoms with Gasteiger partial charge in [-0.3, -0.25) is 4.79 Å². The van der Waals surface area contributed by atoms with Crippen LogP contribution in [-0.4, -0.2) is 12.0 Å². The van der Waals surface area contributed by atoms with Gasteiger partial charge in [-0.2, -0.15) is 0 Å². The van der Waals surface area contributed by atoms with Crippen LogP contribution in [0.5, 0.6) is 5.75 Å². The third-order valence-electron chi connectivity index (χ3n) is 4.02. The zero-order chi connectivity index (χ0) is 18.4. The lowest BCUT2D eigenvalue weighted by molar-refractivity contribution is -0.116. The predicted octanol–water partition coefficient (Wildman–Crippen LogP) is 5.24. The van der Waals surface area contributed by atoms with Crippen LogP contribution in [0, 0.1) is 0 Å². The highest BCUT2D eigenvalue weighted by atomic mass is 16.5. The molecule has 0 aliphatic carbocycles. The highest BCUT2D eigenvalue weighted by Gasteiger charge is 2.22. The van der Waals surface area contributed by atoms with E-state index in [1.807, 2.05) is 98.8 Å². The number of rotatable bonds is 6. The summed E-state index contributed by atoms with van der Waals surface area (Å²) in [7, 11) is 0. The maximum atomic E-state index is 13.0. The monoisotopic (exact) mass is 345 g/mol. The fraction of sp³-hybridized carbons (Fsp3) is 0.174. The Kier molecular flexibility index (Phi) is 5.69. The normalized spacial score (nSPS) is 10.8. The standard InChI is InChI=1S/C23H23NO2/c1-17(2)26-21-15-13-20(14-16-21)24-23(25)22(18-9-5-3-6-10-18)19-11-7-4-8-12-19/h3-17,22H,1-2H3,(H,24,25). The van der Waals surface area contributed by atoms with E-state index < -0.39 is 0 Å². The number of anilines is 1. The first-order chi connectivity index (χ1) is 12.6. The molecule has 0 aliphatic rings. The summed E-state index contributed by atoms with van der Waals surface area (Å²) >= 11 is 0. The Hall–Kier alpha value is -3.07. The van der Waals surface area contributed by atoms with Crippen molar-refractivity contribution in [3.63, 3.8) is 0 Å². The molecule has 0 aromatic heterocycles. The first-order valence-electron chi connectivity index (χ1n) is 8.81. The van der Waals surface area contributed by atoms with Crippen molar-refractivity contribution >= 4 is 11.6 Å². The molecule has 26 heavy (non-hydrogen) atoms. The van der Waals surface area contributed by atoms with Gasteiger partial charge in [-0.25, -0.2) is 0 Å². The maximum Gasteiger partial charge on any atom is 0.236 e. The van der Waals surface area contributed by atoms with Crippen LogP contribution in [0.3, 0.4) is 0 Å². The fourth-order valence-electron chi connectivity index (χ4n) is 2.89. The van der Waals surface area contributed by atoms with Crippen molar-refractivity contribution in [3.8, 4) is 5.75 Å². The van der Waals surface area contributed by atoms with Gasteiger partial charge in [0, 0.05) is 5.69 Å². The molecule has 3 nitrogen and oxygen atoms in total. The van der Waals surface area contributed by atoms with E-state index in [1.165, 1.54) is 0 Å². The van der Waals surface area contributed by atoms with Crippen LogP contribution in [-0.2, 0) is 4.79 Å². The second-order valence-corrected chi connectivity index (χ2v) is 6.43. The summed E-state index contributed by atoms with van der Waals surface area (Å²) in [4.78, 5) is 13.0. The second-order valence-electron chi connectivity index (χ2n) is 6.43. The Bertz CT molecular complexity index is 788. The Morgan fingerprint density at radius 3 is 1.73 bits per heavy atom. The molecule has 3 aromatic rings. The van der Waals surface area contributed by atoms with Crippen molar-refractivity contribution in [3.05, 3.63) is 96.1 Å². The summed E-state index contributed by atoms with van der Waals surface area (Å²) < 4.78 is 5.65. The van der Waals surface area contributed by atoms with Crippen LogP contribution in [0.2, 0.25) is 0 Å². The number of carbonyl (C=O) groups is 1. The van der Waals surface area contributed by atoms with Crippen molar-refractivity contribution in [2.24, 2.45) is 0 Å². The van der Waals surface area contributed by atoms with E-state index in [2.05, 4.69) is 5.32 Å². The molecule has 0 saturated heterocycles. The highest BCUT2D eigenvalue weighted by Crippen LogP contribution is 2.26. The summed E-state index contributed by atoms with van der Waals surface area (Å²) in [6, 6.07) is 27.1. The van der Waals surface area contributed by atoms with Crippen LogP contribution in [0.4, 0.5) is 5.69 Å². The van der Waals surface area contributed by atoms with E-state index in [9.17, 15) is 4.79 Å². The van der Waals surface area contributed by atoms with Crippen molar-refractivity contribution in [2.45, 2.75) is 25.9 Å². The number of amides is 1. The molecule has 1 N–H and O–H groups in total. The topological polar surface area (TPSA) is 38.3 Å². The van der Waals surface area contributed by atoms with Crippen molar-refractivity contribution in [2.75, 3.05) is 5.32 Å². The van der Waals surface area contributed by atoms with Gasteiger partial charge in [0.2, 0.25) is 5.91 Å². The van der Waals surface area contributed by atoms with Gasteiger partial charge in [-0.15, -0.1) is 0 Å². The SMILES string of the molecule is CC(C)Oc1ccc(NC(=O)C(c2ccccc2)c2ccccc2)cc1. The number of ether oxygens (including phenoxy) is 1. The molecular formula is C23H23NO2.